The molecule has 0 aliphatic heterocycles. The third-order valence-corrected chi connectivity index (χ3v) is 2.86. The number of nitrogens with zero attached hydrogens (tertiary/aromatic N) is 2. The van der Waals surface area contributed by atoms with Gasteiger partial charge in [-0.05, 0) is 28.1 Å². The molecule has 0 N–H and O–H groups in total. The van der Waals surface area contributed by atoms with Crippen molar-refractivity contribution in [3.63, 3.8) is 0 Å². The first kappa shape index (κ1) is 9.71. The molecule has 2 aromatic heterocycles. The SMILES string of the molecule is CC(C)(C)c1cn2c(Br)cccc2n1. The Morgan fingerprint density at radius 1 is 1.29 bits per heavy atom. The third kappa shape index (κ3) is 1.57. The molecule has 3 heteroatoms. The van der Waals surface area contributed by atoms with Gasteiger partial charge in [0.25, 0.3) is 0 Å². The maximum atomic E-state index is 4.58. The van der Waals surface area contributed by atoms with Crippen molar-refractivity contribution in [2.45, 2.75) is 26.2 Å². The molecule has 0 fully saturated rings. The van der Waals surface area contributed by atoms with Gasteiger partial charge >= 0.3 is 0 Å². The molecular formula is C11H13BrN2. The van der Waals surface area contributed by atoms with E-state index in [9.17, 15) is 0 Å². The number of fused-ring (bicyclic) bond motifs is 1. The summed E-state index contributed by atoms with van der Waals surface area (Å²) < 4.78 is 3.10. The van der Waals surface area contributed by atoms with Crippen LogP contribution in [0.25, 0.3) is 5.65 Å². The monoisotopic (exact) mass is 252 g/mol. The van der Waals surface area contributed by atoms with Gasteiger partial charge in [-0.25, -0.2) is 4.98 Å². The van der Waals surface area contributed by atoms with Crippen molar-refractivity contribution in [1.29, 1.82) is 0 Å². The van der Waals surface area contributed by atoms with E-state index in [1.165, 1.54) is 0 Å². The van der Waals surface area contributed by atoms with Crippen LogP contribution in [0.2, 0.25) is 0 Å². The van der Waals surface area contributed by atoms with Crippen LogP contribution in [0.3, 0.4) is 0 Å². The zero-order valence-electron chi connectivity index (χ0n) is 8.58. The van der Waals surface area contributed by atoms with Crippen molar-refractivity contribution in [3.8, 4) is 0 Å². The molecular weight excluding hydrogens is 240 g/mol. The fraction of sp³-hybridized carbons (Fsp3) is 0.364. The summed E-state index contributed by atoms with van der Waals surface area (Å²) in [5.41, 5.74) is 2.21. The lowest BCUT2D eigenvalue weighted by atomic mass is 9.93. The third-order valence-electron chi connectivity index (χ3n) is 2.21. The van der Waals surface area contributed by atoms with E-state index in [4.69, 9.17) is 0 Å². The van der Waals surface area contributed by atoms with E-state index in [2.05, 4.69) is 52.3 Å². The molecule has 0 spiro atoms. The summed E-state index contributed by atoms with van der Waals surface area (Å²) >= 11 is 3.50. The van der Waals surface area contributed by atoms with Gasteiger partial charge in [0.1, 0.15) is 5.65 Å². The van der Waals surface area contributed by atoms with Crippen molar-refractivity contribution in [2.75, 3.05) is 0 Å². The highest BCUT2D eigenvalue weighted by Crippen LogP contribution is 2.23. The van der Waals surface area contributed by atoms with Crippen molar-refractivity contribution in [2.24, 2.45) is 0 Å². The highest BCUT2D eigenvalue weighted by Gasteiger charge is 2.17. The van der Waals surface area contributed by atoms with Crippen molar-refractivity contribution in [3.05, 3.63) is 34.7 Å². The van der Waals surface area contributed by atoms with Crippen LogP contribution in [-0.2, 0) is 5.41 Å². The Balaban J connectivity index is 2.69. The predicted molar refractivity (Wildman–Crippen MR) is 61.6 cm³/mol. The molecule has 2 rings (SSSR count). The number of aromatic nitrogens is 2. The molecule has 0 radical (unpaired) electrons. The van der Waals surface area contributed by atoms with Gasteiger partial charge in [0.05, 0.1) is 10.3 Å². The summed E-state index contributed by atoms with van der Waals surface area (Å²) in [6.45, 7) is 6.51. The van der Waals surface area contributed by atoms with Crippen LogP contribution in [0.15, 0.2) is 29.0 Å². The number of hydrogen-bond donors (Lipinski definition) is 0. The van der Waals surface area contributed by atoms with E-state index in [1.807, 2.05) is 18.2 Å². The molecule has 0 atom stereocenters. The topological polar surface area (TPSA) is 17.3 Å². The molecule has 0 saturated heterocycles. The second-order valence-electron chi connectivity index (χ2n) is 4.45. The molecule has 0 amide bonds. The van der Waals surface area contributed by atoms with Gasteiger partial charge < -0.3 is 0 Å². The van der Waals surface area contributed by atoms with E-state index < -0.39 is 0 Å². The fourth-order valence-corrected chi connectivity index (χ4v) is 1.78. The molecule has 14 heavy (non-hydrogen) atoms. The molecule has 2 heterocycles. The van der Waals surface area contributed by atoms with Crippen LogP contribution in [0.4, 0.5) is 0 Å². The summed E-state index contributed by atoms with van der Waals surface area (Å²) in [7, 11) is 0. The fourth-order valence-electron chi connectivity index (χ4n) is 1.34. The predicted octanol–water partition coefficient (Wildman–Crippen LogP) is 3.39. The van der Waals surface area contributed by atoms with Crippen LogP contribution in [-0.4, -0.2) is 9.38 Å². The molecule has 0 aromatic carbocycles. The van der Waals surface area contributed by atoms with Gasteiger partial charge in [-0.2, -0.15) is 0 Å². The van der Waals surface area contributed by atoms with E-state index >= 15 is 0 Å². The lowest BCUT2D eigenvalue weighted by molar-refractivity contribution is 0.573. The Hall–Kier alpha value is -0.830. The van der Waals surface area contributed by atoms with Gasteiger partial charge in [0, 0.05) is 11.6 Å². The smallest absolute Gasteiger partial charge is 0.137 e. The Kier molecular flexibility index (Phi) is 2.14. The van der Waals surface area contributed by atoms with Gasteiger partial charge in [-0.3, -0.25) is 4.40 Å². The standard InChI is InChI=1S/C11H13BrN2/c1-11(2,3)8-7-14-9(12)5-4-6-10(14)13-8/h4-7H,1-3H3. The number of hydrogen-bond acceptors (Lipinski definition) is 1. The van der Waals surface area contributed by atoms with Crippen LogP contribution in [0.5, 0.6) is 0 Å². The maximum absolute atomic E-state index is 4.58. The second kappa shape index (κ2) is 3.09. The van der Waals surface area contributed by atoms with Gasteiger partial charge in [0.15, 0.2) is 0 Å². The minimum absolute atomic E-state index is 0.103. The summed E-state index contributed by atoms with van der Waals surface area (Å²) in [6, 6.07) is 6.03. The summed E-state index contributed by atoms with van der Waals surface area (Å²) in [6.07, 6.45) is 2.08. The first-order valence-corrected chi connectivity index (χ1v) is 5.42. The minimum atomic E-state index is 0.103. The van der Waals surface area contributed by atoms with Crippen molar-refractivity contribution in [1.82, 2.24) is 9.38 Å². The molecule has 0 saturated carbocycles. The van der Waals surface area contributed by atoms with E-state index in [0.29, 0.717) is 0 Å². The number of pyridine rings is 1. The zero-order valence-corrected chi connectivity index (χ0v) is 10.2. The van der Waals surface area contributed by atoms with E-state index in [0.717, 1.165) is 15.9 Å². The first-order chi connectivity index (χ1) is 6.48. The molecule has 0 aliphatic rings. The van der Waals surface area contributed by atoms with Crippen LogP contribution in [0.1, 0.15) is 26.5 Å². The largest absolute Gasteiger partial charge is 0.294 e. The average molecular weight is 253 g/mol. The highest BCUT2D eigenvalue weighted by molar-refractivity contribution is 9.10. The van der Waals surface area contributed by atoms with Crippen LogP contribution in [0, 0.1) is 0 Å². The number of halogens is 1. The van der Waals surface area contributed by atoms with Crippen molar-refractivity contribution >= 4 is 21.6 Å². The number of rotatable bonds is 0. The average Bonchev–Trinajstić information content (AvgIpc) is 2.48. The minimum Gasteiger partial charge on any atom is -0.294 e. The molecule has 2 nitrogen and oxygen atoms in total. The zero-order chi connectivity index (χ0) is 10.3. The first-order valence-electron chi connectivity index (χ1n) is 4.62. The van der Waals surface area contributed by atoms with Gasteiger partial charge in [0.2, 0.25) is 0 Å². The Labute approximate surface area is 92.1 Å². The Morgan fingerprint density at radius 2 is 2.00 bits per heavy atom. The molecule has 0 unspecified atom stereocenters. The van der Waals surface area contributed by atoms with Gasteiger partial charge in [-0.15, -0.1) is 0 Å². The maximum Gasteiger partial charge on any atom is 0.137 e. The highest BCUT2D eigenvalue weighted by atomic mass is 79.9. The van der Waals surface area contributed by atoms with Crippen molar-refractivity contribution < 1.29 is 0 Å². The Bertz CT molecular complexity index is 466. The molecule has 0 aliphatic carbocycles. The van der Waals surface area contributed by atoms with E-state index in [-0.39, 0.29) is 5.41 Å². The van der Waals surface area contributed by atoms with Crippen LogP contribution >= 0.6 is 15.9 Å². The summed E-state index contributed by atoms with van der Waals surface area (Å²) in [5, 5.41) is 0. The lowest BCUT2D eigenvalue weighted by Gasteiger charge is -2.13. The molecule has 0 bridgehead atoms. The normalized spacial score (nSPS) is 12.3. The molecule has 74 valence electrons. The second-order valence-corrected chi connectivity index (χ2v) is 5.27. The van der Waals surface area contributed by atoms with Gasteiger partial charge in [-0.1, -0.05) is 26.8 Å². The van der Waals surface area contributed by atoms with E-state index in [1.54, 1.807) is 0 Å². The lowest BCUT2D eigenvalue weighted by Crippen LogP contribution is -2.11. The van der Waals surface area contributed by atoms with Crippen LogP contribution < -0.4 is 0 Å². The summed E-state index contributed by atoms with van der Waals surface area (Å²) in [5.74, 6) is 0. The Morgan fingerprint density at radius 3 is 2.57 bits per heavy atom. The number of imidazole rings is 1. The summed E-state index contributed by atoms with van der Waals surface area (Å²) in [4.78, 5) is 4.58. The molecule has 2 aromatic rings. The quantitative estimate of drug-likeness (QED) is 0.658.